The number of aromatic nitrogens is 1. The van der Waals surface area contributed by atoms with Crippen molar-refractivity contribution in [1.82, 2.24) is 15.2 Å². The molecule has 2 atom stereocenters. The Bertz CT molecular complexity index is 376. The Balaban J connectivity index is 3.21. The Hall–Kier alpha value is -0.930. The Morgan fingerprint density at radius 2 is 2.06 bits per heavy atom. The molecule has 0 fully saturated rings. The number of hydrogen-bond donors (Lipinski definition) is 1. The third-order valence-electron chi connectivity index (χ3n) is 4.16. The molecule has 1 aromatic heterocycles. The first-order chi connectivity index (χ1) is 8.47. The first-order valence-corrected chi connectivity index (χ1v) is 6.78. The van der Waals surface area contributed by atoms with Crippen LogP contribution >= 0.6 is 0 Å². The molecule has 0 aliphatic carbocycles. The van der Waals surface area contributed by atoms with Gasteiger partial charge in [0.1, 0.15) is 0 Å². The predicted molar refractivity (Wildman–Crippen MR) is 77.8 cm³/mol. The number of rotatable bonds is 6. The maximum absolute atomic E-state index is 4.30. The normalized spacial score (nSPS) is 16.6. The number of aryl methyl sites for hydroxylation is 1. The molecule has 0 aliphatic heterocycles. The van der Waals surface area contributed by atoms with Crippen LogP contribution in [0.3, 0.4) is 0 Å². The fraction of sp³-hybridized carbons (Fsp3) is 0.667. The van der Waals surface area contributed by atoms with Crippen molar-refractivity contribution in [3.8, 4) is 0 Å². The van der Waals surface area contributed by atoms with E-state index in [9.17, 15) is 0 Å². The average Bonchev–Trinajstić information content (AvgIpc) is 2.36. The first kappa shape index (κ1) is 15.1. The highest BCUT2D eigenvalue weighted by Crippen LogP contribution is 2.33. The molecular weight excluding hydrogens is 222 g/mol. The minimum atomic E-state index is 0.0871. The molecule has 2 unspecified atom stereocenters. The lowest BCUT2D eigenvalue weighted by Gasteiger charge is -2.43. The second kappa shape index (κ2) is 6.30. The summed E-state index contributed by atoms with van der Waals surface area (Å²) in [4.78, 5) is 6.61. The zero-order chi connectivity index (χ0) is 13.8. The van der Waals surface area contributed by atoms with Gasteiger partial charge < -0.3 is 10.2 Å². The topological polar surface area (TPSA) is 28.2 Å². The van der Waals surface area contributed by atoms with Crippen molar-refractivity contribution in [2.45, 2.75) is 45.7 Å². The Morgan fingerprint density at radius 1 is 1.39 bits per heavy atom. The number of hydrogen-bond acceptors (Lipinski definition) is 3. The molecular formula is C15H27N3. The summed E-state index contributed by atoms with van der Waals surface area (Å²) < 4.78 is 0. The van der Waals surface area contributed by atoms with E-state index in [1.54, 1.807) is 0 Å². The zero-order valence-electron chi connectivity index (χ0n) is 12.6. The largest absolute Gasteiger partial charge is 0.309 e. The van der Waals surface area contributed by atoms with Gasteiger partial charge in [-0.25, -0.2) is 0 Å². The molecule has 0 amide bonds. The molecule has 0 spiro atoms. The minimum absolute atomic E-state index is 0.0871. The van der Waals surface area contributed by atoms with E-state index in [1.807, 2.05) is 12.4 Å². The SMILES string of the molecule is CCNC(c1cnccc1C)C(C)(CC)N(C)C. The van der Waals surface area contributed by atoms with Gasteiger partial charge in [-0.05, 0) is 58.1 Å². The molecule has 0 bridgehead atoms. The molecule has 18 heavy (non-hydrogen) atoms. The van der Waals surface area contributed by atoms with E-state index in [-0.39, 0.29) is 5.54 Å². The third-order valence-corrected chi connectivity index (χ3v) is 4.16. The molecule has 0 aliphatic rings. The number of likely N-dealkylation sites (N-methyl/N-ethyl adjacent to an activating group) is 2. The lowest BCUT2D eigenvalue weighted by atomic mass is 9.82. The van der Waals surface area contributed by atoms with Crippen LogP contribution in [-0.4, -0.2) is 36.1 Å². The highest BCUT2D eigenvalue weighted by molar-refractivity contribution is 5.28. The van der Waals surface area contributed by atoms with Gasteiger partial charge in [0.15, 0.2) is 0 Å². The molecule has 0 aromatic carbocycles. The number of pyridine rings is 1. The van der Waals surface area contributed by atoms with Crippen LogP contribution in [0, 0.1) is 6.92 Å². The third kappa shape index (κ3) is 2.90. The average molecular weight is 249 g/mol. The lowest BCUT2D eigenvalue weighted by Crippen LogP contribution is -2.51. The first-order valence-electron chi connectivity index (χ1n) is 6.78. The standard InChI is InChI=1S/C15H27N3/c1-7-15(4,18(5)6)14(17-8-2)13-11-16-10-9-12(13)3/h9-11,14,17H,7-8H2,1-6H3. The van der Waals surface area contributed by atoms with Crippen LogP contribution < -0.4 is 5.32 Å². The van der Waals surface area contributed by atoms with E-state index in [4.69, 9.17) is 0 Å². The van der Waals surface area contributed by atoms with Gasteiger partial charge >= 0.3 is 0 Å². The number of nitrogens with one attached hydrogen (secondary N) is 1. The zero-order valence-corrected chi connectivity index (χ0v) is 12.6. The van der Waals surface area contributed by atoms with E-state index in [0.29, 0.717) is 6.04 Å². The summed E-state index contributed by atoms with van der Waals surface area (Å²) in [6, 6.07) is 2.39. The summed E-state index contributed by atoms with van der Waals surface area (Å²) in [6.45, 7) is 9.84. The molecule has 3 nitrogen and oxygen atoms in total. The summed E-state index contributed by atoms with van der Waals surface area (Å²) >= 11 is 0. The highest BCUT2D eigenvalue weighted by atomic mass is 15.2. The monoisotopic (exact) mass is 249 g/mol. The summed E-state index contributed by atoms with van der Waals surface area (Å²) in [5.41, 5.74) is 2.69. The Labute approximate surface area is 112 Å². The van der Waals surface area contributed by atoms with Crippen LogP contribution in [0.15, 0.2) is 18.5 Å². The van der Waals surface area contributed by atoms with Gasteiger partial charge in [0.25, 0.3) is 0 Å². The van der Waals surface area contributed by atoms with Crippen molar-refractivity contribution < 1.29 is 0 Å². The van der Waals surface area contributed by atoms with Crippen LogP contribution in [-0.2, 0) is 0 Å². The van der Waals surface area contributed by atoms with E-state index < -0.39 is 0 Å². The molecule has 0 radical (unpaired) electrons. The summed E-state index contributed by atoms with van der Waals surface area (Å²) in [5, 5.41) is 3.63. The van der Waals surface area contributed by atoms with Gasteiger partial charge in [0.2, 0.25) is 0 Å². The van der Waals surface area contributed by atoms with Crippen molar-refractivity contribution in [3.05, 3.63) is 29.6 Å². The van der Waals surface area contributed by atoms with Gasteiger partial charge in [-0.1, -0.05) is 13.8 Å². The van der Waals surface area contributed by atoms with Crippen molar-refractivity contribution in [1.29, 1.82) is 0 Å². The molecule has 1 rings (SSSR count). The Kier molecular flexibility index (Phi) is 5.29. The van der Waals surface area contributed by atoms with Gasteiger partial charge in [-0.3, -0.25) is 4.98 Å². The quantitative estimate of drug-likeness (QED) is 0.840. The molecule has 102 valence electrons. The summed E-state index contributed by atoms with van der Waals surface area (Å²) in [5.74, 6) is 0. The fourth-order valence-corrected chi connectivity index (χ4v) is 2.43. The van der Waals surface area contributed by atoms with E-state index in [1.165, 1.54) is 11.1 Å². The molecule has 3 heteroatoms. The summed E-state index contributed by atoms with van der Waals surface area (Å²) in [6.07, 6.45) is 4.95. The predicted octanol–water partition coefficient (Wildman–Crippen LogP) is 2.77. The maximum Gasteiger partial charge on any atom is 0.0522 e. The van der Waals surface area contributed by atoms with Crippen LogP contribution in [0.2, 0.25) is 0 Å². The second-order valence-corrected chi connectivity index (χ2v) is 5.33. The van der Waals surface area contributed by atoms with E-state index in [2.05, 4.69) is 63.1 Å². The summed E-state index contributed by atoms with van der Waals surface area (Å²) in [7, 11) is 4.30. The Morgan fingerprint density at radius 3 is 2.50 bits per heavy atom. The van der Waals surface area contributed by atoms with Crippen molar-refractivity contribution in [2.24, 2.45) is 0 Å². The second-order valence-electron chi connectivity index (χ2n) is 5.33. The van der Waals surface area contributed by atoms with Gasteiger partial charge in [-0.15, -0.1) is 0 Å². The molecule has 1 heterocycles. The highest BCUT2D eigenvalue weighted by Gasteiger charge is 2.36. The molecule has 0 saturated heterocycles. The van der Waals surface area contributed by atoms with Gasteiger partial charge in [-0.2, -0.15) is 0 Å². The van der Waals surface area contributed by atoms with E-state index in [0.717, 1.165) is 13.0 Å². The van der Waals surface area contributed by atoms with Crippen LogP contribution in [0.25, 0.3) is 0 Å². The lowest BCUT2D eigenvalue weighted by molar-refractivity contribution is 0.113. The van der Waals surface area contributed by atoms with Crippen LogP contribution in [0.4, 0.5) is 0 Å². The molecule has 0 saturated carbocycles. The van der Waals surface area contributed by atoms with Crippen LogP contribution in [0.1, 0.15) is 44.4 Å². The van der Waals surface area contributed by atoms with Crippen molar-refractivity contribution in [3.63, 3.8) is 0 Å². The molecule has 1 N–H and O–H groups in total. The van der Waals surface area contributed by atoms with Crippen molar-refractivity contribution in [2.75, 3.05) is 20.6 Å². The van der Waals surface area contributed by atoms with Gasteiger partial charge in [0.05, 0.1) is 6.04 Å². The van der Waals surface area contributed by atoms with Crippen LogP contribution in [0.5, 0.6) is 0 Å². The minimum Gasteiger partial charge on any atom is -0.309 e. The van der Waals surface area contributed by atoms with E-state index >= 15 is 0 Å². The maximum atomic E-state index is 4.30. The smallest absolute Gasteiger partial charge is 0.0522 e. The van der Waals surface area contributed by atoms with Crippen molar-refractivity contribution >= 4 is 0 Å². The number of nitrogens with zero attached hydrogens (tertiary/aromatic N) is 2. The molecule has 1 aromatic rings. The van der Waals surface area contributed by atoms with Gasteiger partial charge in [0, 0.05) is 17.9 Å². The fourth-order valence-electron chi connectivity index (χ4n) is 2.43.